The van der Waals surface area contributed by atoms with Gasteiger partial charge in [0.2, 0.25) is 5.75 Å². The molecule has 1 unspecified atom stereocenters. The number of rotatable bonds is 7. The predicted molar refractivity (Wildman–Crippen MR) is 104 cm³/mol. The van der Waals surface area contributed by atoms with Gasteiger partial charge in [0.25, 0.3) is 5.91 Å². The van der Waals surface area contributed by atoms with Gasteiger partial charge in [-0.15, -0.1) is 13.2 Å². The van der Waals surface area contributed by atoms with Gasteiger partial charge in [-0.25, -0.2) is 13.8 Å². The molecule has 9 nitrogen and oxygen atoms in total. The summed E-state index contributed by atoms with van der Waals surface area (Å²) in [7, 11) is 1.16. The third kappa shape index (κ3) is 5.51. The maximum absolute atomic E-state index is 14.4. The number of alkyl halides is 3. The van der Waals surface area contributed by atoms with Gasteiger partial charge in [0, 0.05) is 6.20 Å². The van der Waals surface area contributed by atoms with Crippen molar-refractivity contribution in [3.05, 3.63) is 87.5 Å². The molecule has 0 spiro atoms. The minimum absolute atomic E-state index is 0.194. The SMILES string of the molecule is COc1cnc(C(=O)NC(c2ccc(OC(F)(F)F)c(F)c2)c2ncccc2F)cc1[N+](=O)[O-]. The first kappa shape index (κ1) is 24.3. The molecule has 0 fully saturated rings. The van der Waals surface area contributed by atoms with Gasteiger partial charge in [-0.05, 0) is 29.8 Å². The summed E-state index contributed by atoms with van der Waals surface area (Å²) < 4.78 is 74.4. The van der Waals surface area contributed by atoms with Crippen LogP contribution in [0, 0.1) is 21.7 Å². The maximum atomic E-state index is 14.4. The standard InChI is InChI=1S/C20H13F5N4O5/c1-33-16-9-27-13(8-14(16)29(31)32)19(30)28-17(18-11(21)3-2-6-26-18)10-4-5-15(12(22)7-10)34-20(23,24)25/h2-9,17H,1H3,(H,28,30). The van der Waals surface area contributed by atoms with E-state index in [2.05, 4.69) is 20.0 Å². The number of nitrogens with zero attached hydrogens (tertiary/aromatic N) is 3. The Labute approximate surface area is 187 Å². The Kier molecular flexibility index (Phi) is 6.89. The van der Waals surface area contributed by atoms with E-state index < -0.39 is 57.7 Å². The number of aromatic nitrogens is 2. The third-order valence-electron chi connectivity index (χ3n) is 4.35. The number of carbonyl (C=O) groups excluding carboxylic acids is 1. The first-order chi connectivity index (χ1) is 16.0. The molecule has 0 radical (unpaired) electrons. The summed E-state index contributed by atoms with van der Waals surface area (Å²) in [5.41, 5.74) is -1.64. The van der Waals surface area contributed by atoms with Gasteiger partial charge >= 0.3 is 12.0 Å². The zero-order chi connectivity index (χ0) is 25.0. The average Bonchev–Trinajstić information content (AvgIpc) is 2.78. The topological polar surface area (TPSA) is 116 Å². The minimum atomic E-state index is -5.15. The second-order valence-corrected chi connectivity index (χ2v) is 6.51. The Morgan fingerprint density at radius 1 is 1.12 bits per heavy atom. The zero-order valence-electron chi connectivity index (χ0n) is 17.0. The fraction of sp³-hybridized carbons (Fsp3) is 0.150. The molecule has 34 heavy (non-hydrogen) atoms. The van der Waals surface area contributed by atoms with E-state index in [9.17, 15) is 36.9 Å². The monoisotopic (exact) mass is 484 g/mol. The van der Waals surface area contributed by atoms with E-state index in [1.165, 1.54) is 12.3 Å². The number of carbonyl (C=O) groups is 1. The van der Waals surface area contributed by atoms with E-state index in [1.807, 2.05) is 0 Å². The lowest BCUT2D eigenvalue weighted by Crippen LogP contribution is -2.31. The van der Waals surface area contributed by atoms with E-state index >= 15 is 0 Å². The largest absolute Gasteiger partial charge is 0.573 e. The number of benzene rings is 1. The zero-order valence-corrected chi connectivity index (χ0v) is 17.0. The summed E-state index contributed by atoms with van der Waals surface area (Å²) in [4.78, 5) is 30.7. The maximum Gasteiger partial charge on any atom is 0.573 e. The van der Waals surface area contributed by atoms with Crippen LogP contribution in [0.25, 0.3) is 0 Å². The molecule has 0 bridgehead atoms. The second-order valence-electron chi connectivity index (χ2n) is 6.51. The number of hydrogen-bond acceptors (Lipinski definition) is 7. The van der Waals surface area contributed by atoms with Crippen molar-refractivity contribution in [2.24, 2.45) is 0 Å². The molecular formula is C20H13F5N4O5. The van der Waals surface area contributed by atoms with E-state index in [4.69, 9.17) is 4.74 Å². The summed E-state index contributed by atoms with van der Waals surface area (Å²) in [6, 6.07) is 3.75. The van der Waals surface area contributed by atoms with Crippen molar-refractivity contribution in [3.8, 4) is 11.5 Å². The van der Waals surface area contributed by atoms with Gasteiger partial charge < -0.3 is 14.8 Å². The summed E-state index contributed by atoms with van der Waals surface area (Å²) >= 11 is 0. The van der Waals surface area contributed by atoms with Crippen molar-refractivity contribution < 1.29 is 41.1 Å². The molecular weight excluding hydrogens is 471 g/mol. The second kappa shape index (κ2) is 9.64. The molecule has 1 atom stereocenters. The highest BCUT2D eigenvalue weighted by Gasteiger charge is 2.33. The van der Waals surface area contributed by atoms with Gasteiger partial charge in [-0.2, -0.15) is 0 Å². The Balaban J connectivity index is 2.01. The normalized spacial score (nSPS) is 12.1. The van der Waals surface area contributed by atoms with Crippen LogP contribution in [0.15, 0.2) is 48.8 Å². The van der Waals surface area contributed by atoms with Crippen LogP contribution in [0.4, 0.5) is 27.6 Å². The minimum Gasteiger partial charge on any atom is -0.489 e. The fourth-order valence-electron chi connectivity index (χ4n) is 2.89. The number of halogens is 5. The molecule has 1 aromatic carbocycles. The molecule has 14 heteroatoms. The summed E-state index contributed by atoms with van der Waals surface area (Å²) in [6.07, 6.45) is -3.06. The lowest BCUT2D eigenvalue weighted by atomic mass is 10.0. The van der Waals surface area contributed by atoms with Gasteiger partial charge in [-0.1, -0.05) is 6.07 Å². The molecule has 0 saturated carbocycles. The third-order valence-corrected chi connectivity index (χ3v) is 4.35. The molecule has 0 aliphatic rings. The lowest BCUT2D eigenvalue weighted by Gasteiger charge is -2.20. The van der Waals surface area contributed by atoms with Crippen molar-refractivity contribution in [3.63, 3.8) is 0 Å². The molecule has 2 aromatic heterocycles. The smallest absolute Gasteiger partial charge is 0.489 e. The highest BCUT2D eigenvalue weighted by molar-refractivity contribution is 5.93. The van der Waals surface area contributed by atoms with Gasteiger partial charge in [0.1, 0.15) is 17.2 Å². The van der Waals surface area contributed by atoms with Crippen LogP contribution in [-0.2, 0) is 0 Å². The van der Waals surface area contributed by atoms with E-state index in [-0.39, 0.29) is 11.3 Å². The van der Waals surface area contributed by atoms with Crippen LogP contribution < -0.4 is 14.8 Å². The average molecular weight is 484 g/mol. The number of ether oxygens (including phenoxy) is 2. The highest BCUT2D eigenvalue weighted by atomic mass is 19.4. The number of hydrogen-bond donors (Lipinski definition) is 1. The molecule has 2 heterocycles. The van der Waals surface area contributed by atoms with Crippen LogP contribution in [0.3, 0.4) is 0 Å². The first-order valence-corrected chi connectivity index (χ1v) is 9.15. The van der Waals surface area contributed by atoms with Crippen molar-refractivity contribution in [2.75, 3.05) is 7.11 Å². The van der Waals surface area contributed by atoms with Gasteiger partial charge in [0.05, 0.1) is 30.3 Å². The summed E-state index contributed by atoms with van der Waals surface area (Å²) in [5, 5.41) is 13.5. The van der Waals surface area contributed by atoms with Gasteiger partial charge in [0.15, 0.2) is 11.6 Å². The first-order valence-electron chi connectivity index (χ1n) is 9.15. The Bertz CT molecular complexity index is 1240. The lowest BCUT2D eigenvalue weighted by molar-refractivity contribution is -0.385. The van der Waals surface area contributed by atoms with Crippen LogP contribution >= 0.6 is 0 Å². The van der Waals surface area contributed by atoms with E-state index in [0.29, 0.717) is 12.1 Å². The van der Waals surface area contributed by atoms with E-state index in [0.717, 1.165) is 31.5 Å². The summed E-state index contributed by atoms with van der Waals surface area (Å²) in [5.74, 6) is -4.77. The number of nitrogens with one attached hydrogen (secondary N) is 1. The van der Waals surface area contributed by atoms with Crippen molar-refractivity contribution >= 4 is 11.6 Å². The number of pyridine rings is 2. The van der Waals surface area contributed by atoms with E-state index in [1.54, 1.807) is 0 Å². The number of methoxy groups -OCH3 is 1. The molecule has 178 valence electrons. The van der Waals surface area contributed by atoms with Crippen molar-refractivity contribution in [2.45, 2.75) is 12.4 Å². The number of amides is 1. The predicted octanol–water partition coefficient (Wildman–Crippen LogP) is 4.09. The number of nitro groups is 1. The Hall–Kier alpha value is -4.36. The highest BCUT2D eigenvalue weighted by Crippen LogP contribution is 2.31. The van der Waals surface area contributed by atoms with Gasteiger partial charge in [-0.3, -0.25) is 19.9 Å². The van der Waals surface area contributed by atoms with Crippen molar-refractivity contribution in [1.29, 1.82) is 0 Å². The van der Waals surface area contributed by atoms with Crippen LogP contribution in [-0.4, -0.2) is 34.3 Å². The fourth-order valence-corrected chi connectivity index (χ4v) is 2.89. The molecule has 1 N–H and O–H groups in total. The molecule has 3 aromatic rings. The van der Waals surface area contributed by atoms with Crippen LogP contribution in [0.5, 0.6) is 11.5 Å². The molecule has 3 rings (SSSR count). The Morgan fingerprint density at radius 3 is 2.44 bits per heavy atom. The van der Waals surface area contributed by atoms with Crippen molar-refractivity contribution in [1.82, 2.24) is 15.3 Å². The molecule has 0 saturated heterocycles. The molecule has 0 aliphatic heterocycles. The summed E-state index contributed by atoms with van der Waals surface area (Å²) in [6.45, 7) is 0. The van der Waals surface area contributed by atoms with Crippen LogP contribution in [0.1, 0.15) is 27.8 Å². The van der Waals surface area contributed by atoms with Crippen LogP contribution in [0.2, 0.25) is 0 Å². The molecule has 1 amide bonds. The Morgan fingerprint density at radius 2 is 1.85 bits per heavy atom. The quantitative estimate of drug-likeness (QED) is 0.305. The molecule has 0 aliphatic carbocycles.